The first kappa shape index (κ1) is 16.6. The summed E-state index contributed by atoms with van der Waals surface area (Å²) in [7, 11) is 0. The van der Waals surface area contributed by atoms with Gasteiger partial charge in [0.25, 0.3) is 0 Å². The second-order valence-corrected chi connectivity index (χ2v) is 5.77. The lowest BCUT2D eigenvalue weighted by Gasteiger charge is -2.26. The molecule has 1 saturated heterocycles. The van der Waals surface area contributed by atoms with Crippen molar-refractivity contribution >= 4 is 34.8 Å². The van der Waals surface area contributed by atoms with E-state index in [0.717, 1.165) is 52.4 Å². The second-order valence-electron chi connectivity index (χ2n) is 4.96. The average Bonchev–Trinajstić information content (AvgIpc) is 2.49. The Morgan fingerprint density at radius 2 is 1.76 bits per heavy atom. The van der Waals surface area contributed by atoms with E-state index in [9.17, 15) is 0 Å². The molecule has 0 unspecified atom stereocenters. The van der Waals surface area contributed by atoms with Crippen LogP contribution in [0.4, 0.5) is 11.6 Å². The highest BCUT2D eigenvalue weighted by Gasteiger charge is 2.11. The number of aromatic nitrogens is 1. The van der Waals surface area contributed by atoms with E-state index in [0.29, 0.717) is 21.7 Å². The third-order valence-electron chi connectivity index (χ3n) is 3.30. The van der Waals surface area contributed by atoms with E-state index in [1.165, 1.54) is 0 Å². The van der Waals surface area contributed by atoms with Crippen molar-refractivity contribution in [3.05, 3.63) is 16.1 Å². The predicted octanol–water partition coefficient (Wildman–Crippen LogP) is 2.95. The van der Waals surface area contributed by atoms with Crippen LogP contribution in [0.1, 0.15) is 13.3 Å². The molecule has 1 aliphatic rings. The molecule has 0 aliphatic carbocycles. The number of nitrogens with one attached hydrogen (secondary N) is 2. The van der Waals surface area contributed by atoms with Crippen molar-refractivity contribution in [3.8, 4) is 0 Å². The molecule has 7 heteroatoms. The van der Waals surface area contributed by atoms with Crippen LogP contribution in [0.5, 0.6) is 0 Å². The Morgan fingerprint density at radius 1 is 1.14 bits per heavy atom. The summed E-state index contributed by atoms with van der Waals surface area (Å²) >= 11 is 12.3. The number of rotatable bonds is 7. The number of morpholine rings is 1. The number of halogens is 2. The molecule has 21 heavy (non-hydrogen) atoms. The van der Waals surface area contributed by atoms with Crippen LogP contribution in [0.15, 0.2) is 6.07 Å². The Bertz CT molecular complexity index is 453. The normalized spacial score (nSPS) is 16.0. The van der Waals surface area contributed by atoms with Gasteiger partial charge in [0.1, 0.15) is 11.6 Å². The van der Waals surface area contributed by atoms with Gasteiger partial charge in [-0.2, -0.15) is 0 Å². The third-order valence-corrected chi connectivity index (χ3v) is 3.87. The maximum Gasteiger partial charge on any atom is 0.147 e. The first-order chi connectivity index (χ1) is 10.2. The van der Waals surface area contributed by atoms with Gasteiger partial charge in [0.05, 0.1) is 23.3 Å². The fourth-order valence-electron chi connectivity index (χ4n) is 2.12. The molecule has 0 saturated carbocycles. The van der Waals surface area contributed by atoms with Crippen LogP contribution < -0.4 is 10.6 Å². The molecule has 0 spiro atoms. The van der Waals surface area contributed by atoms with Gasteiger partial charge in [0, 0.05) is 32.7 Å². The molecule has 1 aromatic heterocycles. The summed E-state index contributed by atoms with van der Waals surface area (Å²) in [4.78, 5) is 6.82. The van der Waals surface area contributed by atoms with Crippen LogP contribution in [-0.4, -0.2) is 55.8 Å². The van der Waals surface area contributed by atoms with Crippen molar-refractivity contribution in [3.63, 3.8) is 0 Å². The number of hydrogen-bond donors (Lipinski definition) is 2. The summed E-state index contributed by atoms with van der Waals surface area (Å²) < 4.78 is 5.33. The molecule has 1 aromatic rings. The molecule has 2 rings (SSSR count). The van der Waals surface area contributed by atoms with Crippen LogP contribution in [0, 0.1) is 0 Å². The number of nitrogens with zero attached hydrogens (tertiary/aromatic N) is 2. The van der Waals surface area contributed by atoms with Crippen LogP contribution >= 0.6 is 23.2 Å². The van der Waals surface area contributed by atoms with E-state index in [4.69, 9.17) is 27.9 Å². The van der Waals surface area contributed by atoms with Gasteiger partial charge in [-0.05, 0) is 12.5 Å². The third kappa shape index (κ3) is 5.18. The number of pyridine rings is 1. The molecule has 0 bridgehead atoms. The largest absolute Gasteiger partial charge is 0.379 e. The van der Waals surface area contributed by atoms with E-state index in [2.05, 4.69) is 27.4 Å². The summed E-state index contributed by atoms with van der Waals surface area (Å²) in [6, 6.07) is 1.73. The predicted molar refractivity (Wildman–Crippen MR) is 88.8 cm³/mol. The maximum absolute atomic E-state index is 6.19. The van der Waals surface area contributed by atoms with Gasteiger partial charge in [-0.25, -0.2) is 4.98 Å². The van der Waals surface area contributed by atoms with Crippen LogP contribution in [-0.2, 0) is 4.74 Å². The molecule has 118 valence electrons. The lowest BCUT2D eigenvalue weighted by atomic mass is 10.4. The number of anilines is 2. The Morgan fingerprint density at radius 3 is 2.38 bits per heavy atom. The monoisotopic (exact) mass is 332 g/mol. The summed E-state index contributed by atoms with van der Waals surface area (Å²) in [5, 5.41) is 7.58. The first-order valence-corrected chi connectivity index (χ1v) is 8.10. The zero-order valence-corrected chi connectivity index (χ0v) is 13.8. The van der Waals surface area contributed by atoms with Crippen molar-refractivity contribution in [2.45, 2.75) is 13.3 Å². The summed E-state index contributed by atoms with van der Waals surface area (Å²) in [5.74, 6) is 1.35. The summed E-state index contributed by atoms with van der Waals surface area (Å²) in [6.45, 7) is 8.25. The molecule has 2 N–H and O–H groups in total. The fourth-order valence-corrected chi connectivity index (χ4v) is 2.61. The van der Waals surface area contributed by atoms with Crippen molar-refractivity contribution in [2.75, 3.05) is 56.6 Å². The highest BCUT2D eigenvalue weighted by molar-refractivity contribution is 6.37. The van der Waals surface area contributed by atoms with Crippen molar-refractivity contribution < 1.29 is 4.74 Å². The number of hydrogen-bond acceptors (Lipinski definition) is 5. The standard InChI is InChI=1S/C14H22Cl2N4O/c1-2-3-17-13-11(15)10-12(16)14(19-13)18-4-5-20-6-8-21-9-7-20/h10H,2-9H2,1H3,(H2,17,18,19). The minimum Gasteiger partial charge on any atom is -0.379 e. The van der Waals surface area contributed by atoms with Crippen molar-refractivity contribution in [1.82, 2.24) is 9.88 Å². The fraction of sp³-hybridized carbons (Fsp3) is 0.643. The number of ether oxygens (including phenoxy) is 1. The molecule has 2 heterocycles. The van der Waals surface area contributed by atoms with Gasteiger partial charge in [-0.1, -0.05) is 30.1 Å². The quantitative estimate of drug-likeness (QED) is 0.803. The van der Waals surface area contributed by atoms with E-state index >= 15 is 0 Å². The Balaban J connectivity index is 1.88. The molecule has 1 fully saturated rings. The average molecular weight is 333 g/mol. The van der Waals surface area contributed by atoms with Crippen LogP contribution in [0.2, 0.25) is 10.0 Å². The topological polar surface area (TPSA) is 49.4 Å². The van der Waals surface area contributed by atoms with E-state index in [1.807, 2.05) is 0 Å². The lowest BCUT2D eigenvalue weighted by Crippen LogP contribution is -2.39. The van der Waals surface area contributed by atoms with Gasteiger partial charge < -0.3 is 15.4 Å². The lowest BCUT2D eigenvalue weighted by molar-refractivity contribution is 0.0398. The van der Waals surface area contributed by atoms with Gasteiger partial charge in [0.2, 0.25) is 0 Å². The minimum atomic E-state index is 0.545. The van der Waals surface area contributed by atoms with E-state index in [-0.39, 0.29) is 0 Å². The highest BCUT2D eigenvalue weighted by Crippen LogP contribution is 2.29. The molecular formula is C14H22Cl2N4O. The first-order valence-electron chi connectivity index (χ1n) is 7.34. The Hall–Kier alpha value is -0.750. The van der Waals surface area contributed by atoms with E-state index < -0.39 is 0 Å². The van der Waals surface area contributed by atoms with Gasteiger partial charge in [-0.3, -0.25) is 4.90 Å². The van der Waals surface area contributed by atoms with Gasteiger partial charge in [-0.15, -0.1) is 0 Å². The van der Waals surface area contributed by atoms with Gasteiger partial charge >= 0.3 is 0 Å². The SMILES string of the molecule is CCCNc1nc(NCCN2CCOCC2)c(Cl)cc1Cl. The van der Waals surface area contributed by atoms with Crippen LogP contribution in [0.3, 0.4) is 0 Å². The molecule has 0 atom stereocenters. The van der Waals surface area contributed by atoms with Gasteiger partial charge in [0.15, 0.2) is 0 Å². The van der Waals surface area contributed by atoms with Crippen LogP contribution in [0.25, 0.3) is 0 Å². The summed E-state index contributed by atoms with van der Waals surface area (Å²) in [6.07, 6.45) is 1.01. The highest BCUT2D eigenvalue weighted by atomic mass is 35.5. The molecule has 0 aromatic carbocycles. The maximum atomic E-state index is 6.19. The minimum absolute atomic E-state index is 0.545. The van der Waals surface area contributed by atoms with E-state index in [1.54, 1.807) is 6.07 Å². The zero-order chi connectivity index (χ0) is 15.1. The summed E-state index contributed by atoms with van der Waals surface area (Å²) in [5.41, 5.74) is 0. The second kappa shape index (κ2) is 8.63. The smallest absolute Gasteiger partial charge is 0.147 e. The molecule has 0 amide bonds. The Labute approximate surface area is 136 Å². The van der Waals surface area contributed by atoms with Crippen molar-refractivity contribution in [1.29, 1.82) is 0 Å². The Kier molecular flexibility index (Phi) is 6.83. The molecule has 1 aliphatic heterocycles. The molecule has 0 radical (unpaired) electrons. The molecular weight excluding hydrogens is 311 g/mol. The molecule has 5 nitrogen and oxygen atoms in total. The zero-order valence-electron chi connectivity index (χ0n) is 12.3. The van der Waals surface area contributed by atoms with Crippen molar-refractivity contribution in [2.24, 2.45) is 0 Å².